The maximum atomic E-state index is 13.5. The van der Waals surface area contributed by atoms with Crippen LogP contribution in [0.4, 0.5) is 0 Å². The second-order valence-electron chi connectivity index (χ2n) is 10.1. The van der Waals surface area contributed by atoms with Gasteiger partial charge in [0.15, 0.2) is 12.0 Å². The summed E-state index contributed by atoms with van der Waals surface area (Å²) in [5, 5.41) is 0. The summed E-state index contributed by atoms with van der Waals surface area (Å²) in [6.45, 7) is 15.0. The number of nitrogens with zero attached hydrogens (tertiary/aromatic N) is 3. The molecule has 2 atom stereocenters. The molecule has 3 rings (SSSR count). The molecule has 0 aliphatic carbocycles. The first-order valence-electron chi connectivity index (χ1n) is 10.4. The summed E-state index contributed by atoms with van der Waals surface area (Å²) in [7, 11) is 0. The normalized spacial score (nSPS) is 21.3. The third-order valence-electron chi connectivity index (χ3n) is 4.63. The standard InChI is InChI=1S/C23H33N3O5/c1-21(2,3)29-15-14-17-18(30-22(4,5)6)31-23(7,8)26-20(28)24(19(27)25(17)26)16-12-10-9-11-13-16/h9-15,17-18H,1-8H3/b15-14-/t17-,18-/m0/s1. The molecule has 0 saturated heterocycles. The highest BCUT2D eigenvalue weighted by molar-refractivity contribution is 5.30. The quantitative estimate of drug-likeness (QED) is 0.692. The van der Waals surface area contributed by atoms with E-state index in [2.05, 4.69) is 0 Å². The highest BCUT2D eigenvalue weighted by Crippen LogP contribution is 2.33. The molecule has 1 aromatic heterocycles. The smallest absolute Gasteiger partial charge is 0.354 e. The third kappa shape index (κ3) is 4.85. The fraction of sp³-hybridized carbons (Fsp3) is 0.565. The number of hydrogen-bond acceptors (Lipinski definition) is 5. The van der Waals surface area contributed by atoms with Crippen molar-refractivity contribution in [3.63, 3.8) is 0 Å². The molecule has 2 heterocycles. The topological polar surface area (TPSA) is 76.6 Å². The fourth-order valence-corrected chi connectivity index (χ4v) is 3.46. The molecular formula is C23H33N3O5. The first kappa shape index (κ1) is 23.1. The van der Waals surface area contributed by atoms with E-state index in [4.69, 9.17) is 14.2 Å². The van der Waals surface area contributed by atoms with Crippen molar-refractivity contribution >= 4 is 0 Å². The summed E-state index contributed by atoms with van der Waals surface area (Å²) >= 11 is 0. The van der Waals surface area contributed by atoms with Crippen LogP contribution in [0.2, 0.25) is 0 Å². The lowest BCUT2D eigenvalue weighted by atomic mass is 10.1. The Labute approximate surface area is 182 Å². The maximum absolute atomic E-state index is 13.5. The first-order valence-corrected chi connectivity index (χ1v) is 10.4. The van der Waals surface area contributed by atoms with Gasteiger partial charge < -0.3 is 14.2 Å². The van der Waals surface area contributed by atoms with Gasteiger partial charge in [0.2, 0.25) is 0 Å². The molecule has 1 aromatic carbocycles. The highest BCUT2D eigenvalue weighted by Gasteiger charge is 2.44. The largest absolute Gasteiger partial charge is 0.496 e. The summed E-state index contributed by atoms with van der Waals surface area (Å²) in [6, 6.07) is 8.13. The van der Waals surface area contributed by atoms with Crippen LogP contribution < -0.4 is 11.4 Å². The van der Waals surface area contributed by atoms with Crippen LogP contribution in [-0.2, 0) is 19.9 Å². The minimum absolute atomic E-state index is 0.410. The molecule has 8 nitrogen and oxygen atoms in total. The van der Waals surface area contributed by atoms with Gasteiger partial charge in [-0.2, -0.15) is 4.68 Å². The monoisotopic (exact) mass is 431 g/mol. The molecule has 1 aliphatic heterocycles. The van der Waals surface area contributed by atoms with Crippen LogP contribution in [0.3, 0.4) is 0 Å². The summed E-state index contributed by atoms with van der Waals surface area (Å²) in [5.74, 6) is 0. The van der Waals surface area contributed by atoms with Crippen LogP contribution in [0, 0.1) is 0 Å². The summed E-state index contributed by atoms with van der Waals surface area (Å²) in [4.78, 5) is 26.9. The Bertz CT molecular complexity index is 1060. The SMILES string of the molecule is CC(C)(C)O/C=C\[C@H]1[C@@H](OC(C)(C)C)OC(C)(C)n2c(=O)n(-c3ccccc3)c(=O)n21. The van der Waals surface area contributed by atoms with Gasteiger partial charge in [0.05, 0.1) is 23.2 Å². The molecule has 0 saturated carbocycles. The molecule has 170 valence electrons. The van der Waals surface area contributed by atoms with E-state index in [1.165, 1.54) is 15.6 Å². The summed E-state index contributed by atoms with van der Waals surface area (Å²) in [6.07, 6.45) is 2.43. The zero-order valence-corrected chi connectivity index (χ0v) is 19.6. The molecule has 0 spiro atoms. The molecule has 0 N–H and O–H groups in total. The van der Waals surface area contributed by atoms with Crippen molar-refractivity contribution in [2.24, 2.45) is 0 Å². The van der Waals surface area contributed by atoms with Crippen LogP contribution >= 0.6 is 0 Å². The number of benzene rings is 1. The number of hydrogen-bond donors (Lipinski definition) is 0. The number of aromatic nitrogens is 3. The van der Waals surface area contributed by atoms with Gasteiger partial charge in [0.1, 0.15) is 6.04 Å². The van der Waals surface area contributed by atoms with Crippen LogP contribution in [-0.4, -0.2) is 31.4 Å². The van der Waals surface area contributed by atoms with E-state index in [0.717, 1.165) is 4.57 Å². The van der Waals surface area contributed by atoms with Crippen LogP contribution in [0.1, 0.15) is 61.4 Å². The Hall–Kier alpha value is -2.58. The van der Waals surface area contributed by atoms with E-state index in [9.17, 15) is 9.59 Å². The van der Waals surface area contributed by atoms with E-state index in [0.29, 0.717) is 5.69 Å². The van der Waals surface area contributed by atoms with Crippen molar-refractivity contribution in [3.8, 4) is 5.69 Å². The molecule has 2 aromatic rings. The third-order valence-corrected chi connectivity index (χ3v) is 4.63. The van der Waals surface area contributed by atoms with Crippen LogP contribution in [0.15, 0.2) is 52.3 Å². The molecule has 1 aliphatic rings. The molecular weight excluding hydrogens is 398 g/mol. The van der Waals surface area contributed by atoms with Crippen molar-refractivity contribution in [1.29, 1.82) is 0 Å². The number of fused-ring (bicyclic) bond motifs is 1. The zero-order valence-electron chi connectivity index (χ0n) is 19.6. The average molecular weight is 432 g/mol. The Balaban J connectivity index is 2.22. The van der Waals surface area contributed by atoms with Crippen molar-refractivity contribution in [2.45, 2.75) is 84.6 Å². The Morgan fingerprint density at radius 3 is 2.13 bits per heavy atom. The fourth-order valence-electron chi connectivity index (χ4n) is 3.46. The second kappa shape index (κ2) is 7.84. The molecule has 0 bridgehead atoms. The van der Waals surface area contributed by atoms with Crippen molar-refractivity contribution < 1.29 is 14.2 Å². The predicted molar refractivity (Wildman–Crippen MR) is 118 cm³/mol. The molecule has 8 heteroatoms. The molecule has 0 amide bonds. The van der Waals surface area contributed by atoms with Gasteiger partial charge in [-0.15, -0.1) is 0 Å². The van der Waals surface area contributed by atoms with Gasteiger partial charge in [-0.05, 0) is 73.6 Å². The Morgan fingerprint density at radius 2 is 1.58 bits per heavy atom. The first-order chi connectivity index (χ1) is 14.2. The molecule has 31 heavy (non-hydrogen) atoms. The molecule has 0 fully saturated rings. The summed E-state index contributed by atoms with van der Waals surface area (Å²) < 4.78 is 22.0. The van der Waals surface area contributed by atoms with E-state index < -0.39 is 40.6 Å². The highest BCUT2D eigenvalue weighted by atomic mass is 16.7. The Kier molecular flexibility index (Phi) is 5.84. The minimum atomic E-state index is -1.11. The Morgan fingerprint density at radius 1 is 0.968 bits per heavy atom. The van der Waals surface area contributed by atoms with Gasteiger partial charge in [0.25, 0.3) is 0 Å². The average Bonchev–Trinajstić information content (AvgIpc) is 2.87. The number of ether oxygens (including phenoxy) is 3. The lowest BCUT2D eigenvalue weighted by Crippen LogP contribution is -2.55. The van der Waals surface area contributed by atoms with Gasteiger partial charge in [-0.1, -0.05) is 18.2 Å². The lowest BCUT2D eigenvalue weighted by molar-refractivity contribution is -0.300. The van der Waals surface area contributed by atoms with Gasteiger partial charge >= 0.3 is 11.4 Å². The van der Waals surface area contributed by atoms with E-state index in [1.807, 2.05) is 47.6 Å². The van der Waals surface area contributed by atoms with Crippen LogP contribution in [0.5, 0.6) is 0 Å². The summed E-state index contributed by atoms with van der Waals surface area (Å²) in [5.41, 5.74) is -2.52. The number of rotatable bonds is 4. The van der Waals surface area contributed by atoms with Crippen molar-refractivity contribution in [3.05, 3.63) is 63.6 Å². The predicted octanol–water partition coefficient (Wildman–Crippen LogP) is 3.53. The van der Waals surface area contributed by atoms with E-state index >= 15 is 0 Å². The lowest BCUT2D eigenvalue weighted by Gasteiger charge is -2.43. The maximum Gasteiger partial charge on any atom is 0.354 e. The van der Waals surface area contributed by atoms with Gasteiger partial charge in [0, 0.05) is 0 Å². The van der Waals surface area contributed by atoms with Crippen molar-refractivity contribution in [2.75, 3.05) is 0 Å². The van der Waals surface area contributed by atoms with E-state index in [-0.39, 0.29) is 0 Å². The van der Waals surface area contributed by atoms with E-state index in [1.54, 1.807) is 44.2 Å². The minimum Gasteiger partial charge on any atom is -0.496 e. The van der Waals surface area contributed by atoms with Crippen LogP contribution in [0.25, 0.3) is 5.69 Å². The second-order valence-corrected chi connectivity index (χ2v) is 10.1. The van der Waals surface area contributed by atoms with Gasteiger partial charge in [-0.3, -0.25) is 0 Å². The molecule has 0 radical (unpaired) electrons. The molecule has 0 unspecified atom stereocenters. The van der Waals surface area contributed by atoms with Crippen molar-refractivity contribution in [1.82, 2.24) is 13.9 Å². The van der Waals surface area contributed by atoms with Gasteiger partial charge in [-0.25, -0.2) is 18.8 Å². The zero-order chi connectivity index (χ0) is 23.2. The number of para-hydroxylation sites is 1.